The SMILES string of the molecule is COc1ccc(CN(Cc2ccc(OC)cc2)S(=O)(=O)c2ccc(-c3c(C=O)nn4ccccc34)cc2)cc1. The predicted molar refractivity (Wildman–Crippen MR) is 148 cm³/mol. The number of aromatic nitrogens is 2. The summed E-state index contributed by atoms with van der Waals surface area (Å²) >= 11 is 0. The molecule has 0 aliphatic carbocycles. The molecule has 0 atom stereocenters. The normalized spacial score (nSPS) is 11.6. The number of fused-ring (bicyclic) bond motifs is 1. The quantitative estimate of drug-likeness (QED) is 0.225. The van der Waals surface area contributed by atoms with Crippen molar-refractivity contribution in [2.45, 2.75) is 18.0 Å². The molecule has 0 unspecified atom stereocenters. The summed E-state index contributed by atoms with van der Waals surface area (Å²) < 4.78 is 41.4. The molecule has 0 bridgehead atoms. The fourth-order valence-electron chi connectivity index (χ4n) is 4.43. The maximum Gasteiger partial charge on any atom is 0.243 e. The summed E-state index contributed by atoms with van der Waals surface area (Å²) in [6.45, 7) is 0.340. The number of carbonyl (C=O) groups is 1. The lowest BCUT2D eigenvalue weighted by Gasteiger charge is -2.23. The van der Waals surface area contributed by atoms with Crippen molar-refractivity contribution in [3.05, 3.63) is 114 Å². The maximum atomic E-state index is 13.9. The van der Waals surface area contributed by atoms with Gasteiger partial charge in [0.25, 0.3) is 0 Å². The lowest BCUT2D eigenvalue weighted by Crippen LogP contribution is -2.30. The number of methoxy groups -OCH3 is 2. The molecule has 198 valence electrons. The van der Waals surface area contributed by atoms with Gasteiger partial charge in [0.15, 0.2) is 6.29 Å². The number of carbonyl (C=O) groups excluding carboxylic acids is 1. The van der Waals surface area contributed by atoms with Crippen molar-refractivity contribution in [2.24, 2.45) is 0 Å². The van der Waals surface area contributed by atoms with Gasteiger partial charge in [0, 0.05) is 24.8 Å². The second-order valence-electron chi connectivity index (χ2n) is 8.90. The molecule has 2 heterocycles. The summed E-state index contributed by atoms with van der Waals surface area (Å²) in [5, 5.41) is 4.33. The van der Waals surface area contributed by atoms with Gasteiger partial charge in [0.05, 0.1) is 24.6 Å². The van der Waals surface area contributed by atoms with E-state index in [0.717, 1.165) is 16.6 Å². The molecule has 3 aromatic carbocycles. The lowest BCUT2D eigenvalue weighted by molar-refractivity contribution is 0.111. The van der Waals surface area contributed by atoms with Gasteiger partial charge in [-0.25, -0.2) is 12.9 Å². The first-order chi connectivity index (χ1) is 18.9. The topological polar surface area (TPSA) is 90.2 Å². The average molecular weight is 542 g/mol. The van der Waals surface area contributed by atoms with E-state index in [4.69, 9.17) is 9.47 Å². The van der Waals surface area contributed by atoms with Crippen molar-refractivity contribution in [1.82, 2.24) is 13.9 Å². The molecule has 0 spiro atoms. The zero-order chi connectivity index (χ0) is 27.4. The Bertz CT molecular complexity index is 1650. The van der Waals surface area contributed by atoms with Crippen LogP contribution >= 0.6 is 0 Å². The molecule has 39 heavy (non-hydrogen) atoms. The number of nitrogens with zero attached hydrogens (tertiary/aromatic N) is 3. The Morgan fingerprint density at radius 1 is 0.795 bits per heavy atom. The van der Waals surface area contributed by atoms with Gasteiger partial charge in [-0.3, -0.25) is 4.79 Å². The van der Waals surface area contributed by atoms with Gasteiger partial charge in [-0.1, -0.05) is 42.5 Å². The Kier molecular flexibility index (Phi) is 7.44. The summed E-state index contributed by atoms with van der Waals surface area (Å²) in [4.78, 5) is 11.9. The van der Waals surface area contributed by atoms with Crippen LogP contribution in [0.4, 0.5) is 0 Å². The van der Waals surface area contributed by atoms with E-state index in [-0.39, 0.29) is 23.7 Å². The third-order valence-corrected chi connectivity index (χ3v) is 8.30. The first kappa shape index (κ1) is 26.1. The highest BCUT2D eigenvalue weighted by Gasteiger charge is 2.26. The van der Waals surface area contributed by atoms with Crippen LogP contribution in [0.25, 0.3) is 16.6 Å². The first-order valence-electron chi connectivity index (χ1n) is 12.2. The third-order valence-electron chi connectivity index (χ3n) is 6.50. The van der Waals surface area contributed by atoms with Crippen LogP contribution in [-0.4, -0.2) is 42.8 Å². The second kappa shape index (κ2) is 11.1. The lowest BCUT2D eigenvalue weighted by atomic mass is 10.0. The monoisotopic (exact) mass is 541 g/mol. The van der Waals surface area contributed by atoms with E-state index >= 15 is 0 Å². The molecule has 0 saturated heterocycles. The van der Waals surface area contributed by atoms with E-state index in [0.29, 0.717) is 28.9 Å². The van der Waals surface area contributed by atoms with Gasteiger partial charge in [0.1, 0.15) is 17.2 Å². The number of sulfonamides is 1. The highest BCUT2D eigenvalue weighted by atomic mass is 32.2. The van der Waals surface area contributed by atoms with Crippen LogP contribution < -0.4 is 9.47 Å². The molecule has 5 rings (SSSR count). The second-order valence-corrected chi connectivity index (χ2v) is 10.8. The highest BCUT2D eigenvalue weighted by molar-refractivity contribution is 7.89. The molecule has 0 amide bonds. The van der Waals surface area contributed by atoms with Crippen LogP contribution in [-0.2, 0) is 23.1 Å². The number of aldehydes is 1. The van der Waals surface area contributed by atoms with Gasteiger partial charge in [-0.05, 0) is 65.2 Å². The average Bonchev–Trinajstić information content (AvgIpc) is 3.36. The number of hydrogen-bond acceptors (Lipinski definition) is 6. The number of ether oxygens (including phenoxy) is 2. The minimum absolute atomic E-state index is 0.150. The van der Waals surface area contributed by atoms with E-state index in [2.05, 4.69) is 5.10 Å². The fraction of sp³-hybridized carbons (Fsp3) is 0.133. The Morgan fingerprint density at radius 3 is 1.87 bits per heavy atom. The molecule has 0 saturated carbocycles. The van der Waals surface area contributed by atoms with Gasteiger partial charge < -0.3 is 9.47 Å². The molecule has 8 nitrogen and oxygen atoms in total. The van der Waals surface area contributed by atoms with Crippen LogP contribution in [0.15, 0.2) is 102 Å². The van der Waals surface area contributed by atoms with E-state index in [1.807, 2.05) is 66.7 Å². The molecule has 0 aliphatic heterocycles. The van der Waals surface area contributed by atoms with Gasteiger partial charge in [-0.15, -0.1) is 0 Å². The Hall–Kier alpha value is -4.47. The molecular weight excluding hydrogens is 514 g/mol. The highest BCUT2D eigenvalue weighted by Crippen LogP contribution is 2.30. The minimum Gasteiger partial charge on any atom is -0.497 e. The molecule has 2 aromatic heterocycles. The standard InChI is InChI=1S/C30H27N3O5S/c1-37-25-12-6-22(7-13-25)19-32(20-23-8-14-26(38-2)15-9-23)39(35,36)27-16-10-24(11-17-27)30-28(21-34)31-33-18-4-3-5-29(30)33/h3-18,21H,19-20H2,1-2H3. The minimum atomic E-state index is -3.89. The van der Waals surface area contributed by atoms with Crippen LogP contribution in [0.3, 0.4) is 0 Å². The summed E-state index contributed by atoms with van der Waals surface area (Å²) in [5.74, 6) is 1.39. The first-order valence-corrected chi connectivity index (χ1v) is 13.7. The third kappa shape index (κ3) is 5.41. The summed E-state index contributed by atoms with van der Waals surface area (Å²) in [6.07, 6.45) is 2.47. The number of pyridine rings is 1. The van der Waals surface area contributed by atoms with E-state index < -0.39 is 10.0 Å². The molecule has 5 aromatic rings. The van der Waals surface area contributed by atoms with Crippen molar-refractivity contribution >= 4 is 21.8 Å². The van der Waals surface area contributed by atoms with Gasteiger partial charge in [0.2, 0.25) is 10.0 Å². The van der Waals surface area contributed by atoms with E-state index in [1.54, 1.807) is 49.2 Å². The van der Waals surface area contributed by atoms with Crippen molar-refractivity contribution in [3.8, 4) is 22.6 Å². The van der Waals surface area contributed by atoms with Crippen molar-refractivity contribution in [3.63, 3.8) is 0 Å². The predicted octanol–water partition coefficient (Wildman–Crippen LogP) is 5.22. The largest absolute Gasteiger partial charge is 0.497 e. The van der Waals surface area contributed by atoms with Crippen molar-refractivity contribution < 1.29 is 22.7 Å². The summed E-state index contributed by atoms with van der Waals surface area (Å²) in [7, 11) is -0.717. The Balaban J connectivity index is 1.49. The molecule has 0 radical (unpaired) electrons. The van der Waals surface area contributed by atoms with Crippen LogP contribution in [0, 0.1) is 0 Å². The fourth-order valence-corrected chi connectivity index (χ4v) is 5.85. The van der Waals surface area contributed by atoms with Crippen LogP contribution in [0.2, 0.25) is 0 Å². The van der Waals surface area contributed by atoms with Gasteiger partial charge >= 0.3 is 0 Å². The summed E-state index contributed by atoms with van der Waals surface area (Å²) in [6, 6.07) is 26.8. The smallest absolute Gasteiger partial charge is 0.243 e. The van der Waals surface area contributed by atoms with Crippen molar-refractivity contribution in [1.29, 1.82) is 0 Å². The van der Waals surface area contributed by atoms with E-state index in [9.17, 15) is 13.2 Å². The van der Waals surface area contributed by atoms with Crippen LogP contribution in [0.1, 0.15) is 21.6 Å². The van der Waals surface area contributed by atoms with E-state index in [1.165, 1.54) is 4.31 Å². The molecule has 0 fully saturated rings. The molecule has 9 heteroatoms. The van der Waals surface area contributed by atoms with Crippen LogP contribution in [0.5, 0.6) is 11.5 Å². The maximum absolute atomic E-state index is 13.9. The Labute approximate surface area is 227 Å². The zero-order valence-electron chi connectivity index (χ0n) is 21.5. The van der Waals surface area contributed by atoms with Crippen molar-refractivity contribution in [2.75, 3.05) is 14.2 Å². The number of benzene rings is 3. The molecule has 0 aliphatic rings. The molecular formula is C30H27N3O5S. The number of hydrogen-bond donors (Lipinski definition) is 0. The zero-order valence-corrected chi connectivity index (χ0v) is 22.3. The molecule has 0 N–H and O–H groups in total. The summed E-state index contributed by atoms with van der Waals surface area (Å²) in [5.41, 5.74) is 4.06. The Morgan fingerprint density at radius 2 is 1.36 bits per heavy atom. The number of rotatable bonds is 10. The van der Waals surface area contributed by atoms with Gasteiger partial charge in [-0.2, -0.15) is 9.40 Å².